The molecular formula is C27H23N5O2. The summed E-state index contributed by atoms with van der Waals surface area (Å²) >= 11 is 0. The first-order valence-corrected chi connectivity index (χ1v) is 11.4. The Morgan fingerprint density at radius 1 is 1.09 bits per heavy atom. The van der Waals surface area contributed by atoms with Crippen LogP contribution in [0.3, 0.4) is 0 Å². The fraction of sp³-hybridized carbons (Fsp3) is 0.259. The molecule has 2 aromatic carbocycles. The van der Waals surface area contributed by atoms with E-state index in [-0.39, 0.29) is 0 Å². The van der Waals surface area contributed by atoms with Crippen LogP contribution in [0.2, 0.25) is 0 Å². The van der Waals surface area contributed by atoms with Crippen LogP contribution in [0.4, 0.5) is 4.79 Å². The van der Waals surface area contributed by atoms with Crippen molar-refractivity contribution < 1.29 is 9.90 Å². The van der Waals surface area contributed by atoms with Crippen molar-refractivity contribution in [1.29, 1.82) is 5.26 Å². The maximum absolute atomic E-state index is 11.2. The van der Waals surface area contributed by atoms with Gasteiger partial charge in [0.15, 0.2) is 0 Å². The molecule has 0 radical (unpaired) electrons. The topological polar surface area (TPSA) is 95.0 Å². The molecule has 0 bridgehead atoms. The van der Waals surface area contributed by atoms with E-state index < -0.39 is 6.09 Å². The molecule has 168 valence electrons. The molecule has 0 spiro atoms. The van der Waals surface area contributed by atoms with Gasteiger partial charge in [-0.1, -0.05) is 42.0 Å². The number of hydrogen-bond donors (Lipinski definition) is 1. The average Bonchev–Trinajstić information content (AvgIpc) is 3.16. The molecule has 1 amide bonds. The van der Waals surface area contributed by atoms with Gasteiger partial charge in [-0.3, -0.25) is 4.68 Å². The molecule has 4 aromatic rings. The van der Waals surface area contributed by atoms with Crippen LogP contribution in [0.15, 0.2) is 60.8 Å². The van der Waals surface area contributed by atoms with Crippen LogP contribution in [0.25, 0.3) is 33.4 Å². The predicted octanol–water partition coefficient (Wildman–Crippen LogP) is 4.80. The number of carbonyl (C=O) groups is 1. The zero-order valence-corrected chi connectivity index (χ0v) is 18.7. The SMILES string of the molecule is Cc1ccc(-c2nc3cnn(CC4[C@H]5CN(C(=O)O)C[C@@H]45)c3cc2-c2ccc(C#N)cc2)cc1. The van der Waals surface area contributed by atoms with Crippen molar-refractivity contribution >= 4 is 17.1 Å². The summed E-state index contributed by atoms with van der Waals surface area (Å²) in [5, 5.41) is 23.1. The van der Waals surface area contributed by atoms with E-state index in [4.69, 9.17) is 4.98 Å². The number of pyridine rings is 1. The molecule has 2 aliphatic rings. The fourth-order valence-electron chi connectivity index (χ4n) is 5.30. The van der Waals surface area contributed by atoms with E-state index in [1.807, 2.05) is 35.1 Å². The number of hydrogen-bond acceptors (Lipinski definition) is 4. The molecule has 7 nitrogen and oxygen atoms in total. The highest BCUT2D eigenvalue weighted by Crippen LogP contribution is 2.52. The standard InChI is InChI=1S/C27H23N5O2/c1-16-2-6-19(7-3-16)26-20(18-8-4-17(11-28)5-9-18)10-25-24(30-26)12-29-32(25)15-23-21-13-31(27(33)34)14-22(21)23/h2-10,12,21-23H,13-15H2,1H3,(H,33,34)/t21-,22+,23?. The summed E-state index contributed by atoms with van der Waals surface area (Å²) in [4.78, 5) is 17.8. The zero-order valence-electron chi connectivity index (χ0n) is 18.7. The van der Waals surface area contributed by atoms with Crippen LogP contribution in [0.5, 0.6) is 0 Å². The Morgan fingerprint density at radius 2 is 1.76 bits per heavy atom. The van der Waals surface area contributed by atoms with Gasteiger partial charge < -0.3 is 10.0 Å². The van der Waals surface area contributed by atoms with Crippen LogP contribution >= 0.6 is 0 Å². The number of aromatic nitrogens is 3. The lowest BCUT2D eigenvalue weighted by Gasteiger charge is -2.16. The van der Waals surface area contributed by atoms with Crippen molar-refractivity contribution in [1.82, 2.24) is 19.7 Å². The van der Waals surface area contributed by atoms with Gasteiger partial charge >= 0.3 is 6.09 Å². The summed E-state index contributed by atoms with van der Waals surface area (Å²) in [6.45, 7) is 4.08. The van der Waals surface area contributed by atoms with Crippen LogP contribution in [-0.2, 0) is 6.54 Å². The van der Waals surface area contributed by atoms with Crippen molar-refractivity contribution in [3.63, 3.8) is 0 Å². The summed E-state index contributed by atoms with van der Waals surface area (Å²) in [7, 11) is 0. The minimum Gasteiger partial charge on any atom is -0.465 e. The molecular weight excluding hydrogens is 426 g/mol. The number of rotatable bonds is 4. The largest absolute Gasteiger partial charge is 0.465 e. The Morgan fingerprint density at radius 3 is 2.41 bits per heavy atom. The molecule has 3 atom stereocenters. The third kappa shape index (κ3) is 3.39. The summed E-state index contributed by atoms with van der Waals surface area (Å²) in [5.41, 5.74) is 7.53. The first-order chi connectivity index (χ1) is 16.5. The van der Waals surface area contributed by atoms with Gasteiger partial charge in [-0.2, -0.15) is 10.4 Å². The Labute approximate surface area is 196 Å². The van der Waals surface area contributed by atoms with Crippen LogP contribution < -0.4 is 0 Å². The number of nitrogens with zero attached hydrogens (tertiary/aromatic N) is 5. The van der Waals surface area contributed by atoms with Gasteiger partial charge in [0.25, 0.3) is 0 Å². The molecule has 1 aliphatic heterocycles. The van der Waals surface area contributed by atoms with Crippen molar-refractivity contribution in [2.45, 2.75) is 13.5 Å². The van der Waals surface area contributed by atoms with Gasteiger partial charge in [0.05, 0.1) is 29.0 Å². The lowest BCUT2D eigenvalue weighted by atomic mass is 9.97. The normalized spacial score (nSPS) is 20.8. The Bertz CT molecular complexity index is 1440. The number of fused-ring (bicyclic) bond motifs is 2. The lowest BCUT2D eigenvalue weighted by molar-refractivity contribution is 0.147. The Balaban J connectivity index is 1.39. The van der Waals surface area contributed by atoms with Crippen molar-refractivity contribution in [2.75, 3.05) is 13.1 Å². The average molecular weight is 450 g/mol. The number of likely N-dealkylation sites (tertiary alicyclic amines) is 1. The molecule has 2 aromatic heterocycles. The van der Waals surface area contributed by atoms with Crippen molar-refractivity contribution in [2.24, 2.45) is 17.8 Å². The molecule has 1 N–H and O–H groups in total. The third-order valence-corrected chi connectivity index (χ3v) is 7.30. The first-order valence-electron chi connectivity index (χ1n) is 11.4. The number of aryl methyl sites for hydroxylation is 1. The molecule has 1 aliphatic carbocycles. The van der Waals surface area contributed by atoms with Crippen LogP contribution in [0.1, 0.15) is 11.1 Å². The lowest BCUT2D eigenvalue weighted by Crippen LogP contribution is -2.30. The highest BCUT2D eigenvalue weighted by Gasteiger charge is 2.56. The van der Waals surface area contributed by atoms with E-state index in [1.54, 1.807) is 0 Å². The summed E-state index contributed by atoms with van der Waals surface area (Å²) in [6.07, 6.45) is 0.993. The Kier molecular flexibility index (Phi) is 4.63. The monoisotopic (exact) mass is 449 g/mol. The van der Waals surface area contributed by atoms with E-state index in [2.05, 4.69) is 48.4 Å². The second-order valence-electron chi connectivity index (χ2n) is 9.35. The molecule has 34 heavy (non-hydrogen) atoms. The zero-order chi connectivity index (χ0) is 23.4. The summed E-state index contributed by atoms with van der Waals surface area (Å²) in [6, 6.07) is 20.2. The smallest absolute Gasteiger partial charge is 0.407 e. The molecule has 6 rings (SSSR count). The van der Waals surface area contributed by atoms with E-state index >= 15 is 0 Å². The number of amides is 1. The van der Waals surface area contributed by atoms with Crippen LogP contribution in [0, 0.1) is 36.0 Å². The number of carboxylic acid groups (broad SMARTS) is 1. The highest BCUT2D eigenvalue weighted by molar-refractivity contribution is 5.90. The quantitative estimate of drug-likeness (QED) is 0.483. The van der Waals surface area contributed by atoms with Crippen LogP contribution in [-0.4, -0.2) is 44.0 Å². The summed E-state index contributed by atoms with van der Waals surface area (Å²) in [5.74, 6) is 1.30. The maximum Gasteiger partial charge on any atom is 0.407 e. The number of nitriles is 1. The maximum atomic E-state index is 11.2. The van der Waals surface area contributed by atoms with Gasteiger partial charge in [0.2, 0.25) is 0 Å². The number of piperidine rings is 1. The highest BCUT2D eigenvalue weighted by atomic mass is 16.4. The molecule has 1 unspecified atom stereocenters. The molecule has 1 saturated carbocycles. The number of benzene rings is 2. The fourth-order valence-corrected chi connectivity index (χ4v) is 5.30. The van der Waals surface area contributed by atoms with Gasteiger partial charge in [-0.25, -0.2) is 9.78 Å². The molecule has 2 fully saturated rings. The van der Waals surface area contributed by atoms with Gasteiger partial charge in [0, 0.05) is 30.8 Å². The Hall–Kier alpha value is -4.18. The van der Waals surface area contributed by atoms with Gasteiger partial charge in [-0.05, 0) is 48.4 Å². The van der Waals surface area contributed by atoms with E-state index in [1.165, 1.54) is 10.5 Å². The minimum atomic E-state index is -0.824. The first kappa shape index (κ1) is 20.4. The van der Waals surface area contributed by atoms with Crippen molar-refractivity contribution in [3.8, 4) is 28.5 Å². The second kappa shape index (κ2) is 7.70. The van der Waals surface area contributed by atoms with Gasteiger partial charge in [-0.15, -0.1) is 0 Å². The molecule has 3 heterocycles. The molecule has 7 heteroatoms. The van der Waals surface area contributed by atoms with Gasteiger partial charge in [0.1, 0.15) is 5.52 Å². The van der Waals surface area contributed by atoms with E-state index in [0.717, 1.165) is 40.0 Å². The van der Waals surface area contributed by atoms with Crippen molar-refractivity contribution in [3.05, 3.63) is 71.9 Å². The second-order valence-corrected chi connectivity index (χ2v) is 9.35. The minimum absolute atomic E-state index is 0.424. The predicted molar refractivity (Wildman–Crippen MR) is 128 cm³/mol. The van der Waals surface area contributed by atoms with E-state index in [0.29, 0.717) is 36.4 Å². The molecule has 1 saturated heterocycles. The van der Waals surface area contributed by atoms with E-state index in [9.17, 15) is 15.2 Å². The summed E-state index contributed by atoms with van der Waals surface area (Å²) < 4.78 is 2.02. The third-order valence-electron chi connectivity index (χ3n) is 7.30.